The molecule has 0 aromatic carbocycles. The van der Waals surface area contributed by atoms with Crippen LogP contribution in [0.1, 0.15) is 46.0 Å². The van der Waals surface area contributed by atoms with Crippen molar-refractivity contribution in [3.63, 3.8) is 0 Å². The molecular formula is C11H23NO2. The zero-order valence-corrected chi connectivity index (χ0v) is 9.33. The highest BCUT2D eigenvalue weighted by Crippen LogP contribution is 2.04. The normalized spacial score (nSPS) is 11.1. The van der Waals surface area contributed by atoms with Crippen molar-refractivity contribution >= 4 is 5.97 Å². The Labute approximate surface area is 87.0 Å². The van der Waals surface area contributed by atoms with Crippen molar-refractivity contribution in [1.82, 2.24) is 0 Å². The van der Waals surface area contributed by atoms with Crippen LogP contribution in [0.25, 0.3) is 0 Å². The number of unbranched alkanes of at least 4 members (excludes halogenated alkanes) is 3. The first-order valence-electron chi connectivity index (χ1n) is 5.27. The summed E-state index contributed by atoms with van der Waals surface area (Å²) in [5.41, 5.74) is 5.31. The molecule has 0 aliphatic heterocycles. The van der Waals surface area contributed by atoms with Crippen molar-refractivity contribution in [1.29, 1.82) is 0 Å². The molecule has 1 atom stereocenters. The predicted octanol–water partition coefficient (Wildman–Crippen LogP) is 2.56. The second kappa shape index (κ2) is 12.2. The minimum atomic E-state index is -0.904. The van der Waals surface area contributed by atoms with Gasteiger partial charge >= 0.3 is 5.97 Å². The second-order valence-electron chi connectivity index (χ2n) is 2.87. The lowest BCUT2D eigenvalue weighted by molar-refractivity contribution is -0.138. The number of aliphatic carboxylic acids is 1. The van der Waals surface area contributed by atoms with Crippen molar-refractivity contribution < 1.29 is 9.90 Å². The van der Waals surface area contributed by atoms with Crippen LogP contribution in [0.5, 0.6) is 0 Å². The number of carbonyl (C=O) groups is 1. The van der Waals surface area contributed by atoms with Gasteiger partial charge in [-0.25, -0.2) is 0 Å². The van der Waals surface area contributed by atoms with Gasteiger partial charge in [-0.3, -0.25) is 4.79 Å². The van der Waals surface area contributed by atoms with Crippen LogP contribution in [0.4, 0.5) is 0 Å². The largest absolute Gasteiger partial charge is 0.480 e. The molecule has 3 heteroatoms. The van der Waals surface area contributed by atoms with E-state index in [4.69, 9.17) is 10.8 Å². The van der Waals surface area contributed by atoms with Gasteiger partial charge in [0.2, 0.25) is 0 Å². The van der Waals surface area contributed by atoms with Gasteiger partial charge in [0.05, 0.1) is 0 Å². The van der Waals surface area contributed by atoms with Gasteiger partial charge in [0, 0.05) is 0 Å². The fraction of sp³-hybridized carbons (Fsp3) is 0.727. The molecule has 0 rings (SSSR count). The van der Waals surface area contributed by atoms with Crippen molar-refractivity contribution in [3.8, 4) is 0 Å². The Morgan fingerprint density at radius 1 is 1.43 bits per heavy atom. The molecule has 0 spiro atoms. The first-order chi connectivity index (χ1) is 6.68. The van der Waals surface area contributed by atoms with Gasteiger partial charge in [0.1, 0.15) is 6.04 Å². The van der Waals surface area contributed by atoms with Crippen molar-refractivity contribution in [2.24, 2.45) is 5.73 Å². The summed E-state index contributed by atoms with van der Waals surface area (Å²) in [7, 11) is 0. The highest BCUT2D eigenvalue weighted by Gasteiger charge is 2.09. The fourth-order valence-corrected chi connectivity index (χ4v) is 0.953. The van der Waals surface area contributed by atoms with Gasteiger partial charge in [-0.15, -0.1) is 6.58 Å². The van der Waals surface area contributed by atoms with Gasteiger partial charge in [-0.05, 0) is 19.3 Å². The average molecular weight is 201 g/mol. The maximum atomic E-state index is 10.3. The van der Waals surface area contributed by atoms with E-state index in [1.807, 2.05) is 19.9 Å². The number of rotatable bonds is 7. The van der Waals surface area contributed by atoms with E-state index in [-0.39, 0.29) is 0 Å². The first-order valence-corrected chi connectivity index (χ1v) is 5.27. The van der Waals surface area contributed by atoms with E-state index in [0.29, 0.717) is 6.42 Å². The number of carboxylic acids is 1. The molecule has 0 bridgehead atoms. The smallest absolute Gasteiger partial charge is 0.320 e. The maximum absolute atomic E-state index is 10.3. The molecule has 0 fully saturated rings. The second-order valence-corrected chi connectivity index (χ2v) is 2.87. The van der Waals surface area contributed by atoms with Crippen LogP contribution in [0, 0.1) is 0 Å². The Morgan fingerprint density at radius 2 is 2.00 bits per heavy atom. The molecule has 1 unspecified atom stereocenters. The zero-order valence-electron chi connectivity index (χ0n) is 9.33. The van der Waals surface area contributed by atoms with E-state index in [2.05, 4.69) is 6.58 Å². The van der Waals surface area contributed by atoms with Gasteiger partial charge in [0.25, 0.3) is 0 Å². The number of hydrogen-bond donors (Lipinski definition) is 2. The summed E-state index contributed by atoms with van der Waals surface area (Å²) in [4.78, 5) is 10.3. The molecule has 84 valence electrons. The molecular weight excluding hydrogens is 178 g/mol. The topological polar surface area (TPSA) is 63.3 Å². The molecule has 0 saturated heterocycles. The minimum absolute atomic E-state index is 0.576. The van der Waals surface area contributed by atoms with Gasteiger partial charge in [0.15, 0.2) is 0 Å². The molecule has 0 aromatic heterocycles. The van der Waals surface area contributed by atoms with Gasteiger partial charge in [-0.1, -0.05) is 32.8 Å². The third-order valence-corrected chi connectivity index (χ3v) is 1.74. The summed E-state index contributed by atoms with van der Waals surface area (Å²) in [6.45, 7) is 7.60. The van der Waals surface area contributed by atoms with E-state index in [0.717, 1.165) is 25.7 Å². The minimum Gasteiger partial charge on any atom is -0.480 e. The average Bonchev–Trinajstić information content (AvgIpc) is 2.20. The summed E-state index contributed by atoms with van der Waals surface area (Å²) >= 11 is 0. The highest BCUT2D eigenvalue weighted by molar-refractivity contribution is 5.72. The summed E-state index contributed by atoms with van der Waals surface area (Å²) in [6, 6.07) is -0.686. The molecule has 0 radical (unpaired) electrons. The molecule has 0 heterocycles. The van der Waals surface area contributed by atoms with E-state index in [9.17, 15) is 4.79 Å². The van der Waals surface area contributed by atoms with Crippen molar-refractivity contribution in [3.05, 3.63) is 12.7 Å². The van der Waals surface area contributed by atoms with Gasteiger partial charge in [-0.2, -0.15) is 0 Å². The van der Waals surface area contributed by atoms with Crippen LogP contribution in [0.15, 0.2) is 12.7 Å². The summed E-state index contributed by atoms with van der Waals surface area (Å²) < 4.78 is 0. The monoisotopic (exact) mass is 201 g/mol. The SMILES string of the molecule is C=CCCCCCC(N)C(=O)O.CC. The quantitative estimate of drug-likeness (QED) is 0.491. The molecule has 0 aliphatic rings. The molecule has 0 aromatic rings. The summed E-state index contributed by atoms with van der Waals surface area (Å²) in [6.07, 6.45) is 6.45. The first kappa shape index (κ1) is 15.6. The van der Waals surface area contributed by atoms with Crippen LogP contribution in [0.3, 0.4) is 0 Å². The Hall–Kier alpha value is -0.830. The van der Waals surface area contributed by atoms with E-state index >= 15 is 0 Å². The molecule has 0 saturated carbocycles. The van der Waals surface area contributed by atoms with E-state index in [1.165, 1.54) is 0 Å². The van der Waals surface area contributed by atoms with E-state index in [1.54, 1.807) is 0 Å². The molecule has 3 nitrogen and oxygen atoms in total. The lowest BCUT2D eigenvalue weighted by Crippen LogP contribution is -2.29. The number of hydrogen-bond acceptors (Lipinski definition) is 2. The number of nitrogens with two attached hydrogens (primary N) is 1. The molecule has 14 heavy (non-hydrogen) atoms. The van der Waals surface area contributed by atoms with Crippen LogP contribution < -0.4 is 5.73 Å². The van der Waals surface area contributed by atoms with Crippen LogP contribution in [-0.4, -0.2) is 17.1 Å². The Balaban J connectivity index is 0. The number of carboxylic acid groups (broad SMARTS) is 1. The summed E-state index contributed by atoms with van der Waals surface area (Å²) in [5.74, 6) is -0.904. The zero-order chi connectivity index (χ0) is 11.4. The summed E-state index contributed by atoms with van der Waals surface area (Å²) in [5, 5.41) is 8.44. The lowest BCUT2D eigenvalue weighted by atomic mass is 10.1. The van der Waals surface area contributed by atoms with Gasteiger partial charge < -0.3 is 10.8 Å². The van der Waals surface area contributed by atoms with Crippen LogP contribution in [-0.2, 0) is 4.79 Å². The molecule has 0 amide bonds. The number of allylic oxidation sites excluding steroid dienone is 1. The Kier molecular flexibility index (Phi) is 13.6. The van der Waals surface area contributed by atoms with E-state index < -0.39 is 12.0 Å². The lowest BCUT2D eigenvalue weighted by Gasteiger charge is -2.04. The van der Waals surface area contributed by atoms with Crippen LogP contribution >= 0.6 is 0 Å². The predicted molar refractivity (Wildman–Crippen MR) is 60.2 cm³/mol. The fourth-order valence-electron chi connectivity index (χ4n) is 0.953. The highest BCUT2D eigenvalue weighted by atomic mass is 16.4. The standard InChI is InChI=1S/C9H17NO2.C2H6/c1-2-3-4-5-6-7-8(10)9(11)12;1-2/h2,8H,1,3-7,10H2,(H,11,12);1-2H3. The van der Waals surface area contributed by atoms with Crippen LogP contribution in [0.2, 0.25) is 0 Å². The molecule has 3 N–H and O–H groups in total. The third kappa shape index (κ3) is 11.2. The maximum Gasteiger partial charge on any atom is 0.320 e. The molecule has 0 aliphatic carbocycles. The van der Waals surface area contributed by atoms with Crippen molar-refractivity contribution in [2.75, 3.05) is 0 Å². The Bertz CT molecular complexity index is 146. The van der Waals surface area contributed by atoms with Crippen molar-refractivity contribution in [2.45, 2.75) is 52.0 Å². The third-order valence-electron chi connectivity index (χ3n) is 1.74. The Morgan fingerprint density at radius 3 is 2.43 bits per heavy atom.